The summed E-state index contributed by atoms with van der Waals surface area (Å²) in [5, 5.41) is 12.0. The largest absolute Gasteiger partial charge is 0.486 e. The smallest absolute Gasteiger partial charge is 0.339 e. The molecule has 18 heavy (non-hydrogen) atoms. The number of hydrogen-bond acceptors (Lipinski definition) is 4. The normalized spacial score (nSPS) is 10.3. The first-order valence-corrected chi connectivity index (χ1v) is 6.32. The van der Waals surface area contributed by atoms with Gasteiger partial charge in [0.25, 0.3) is 0 Å². The molecular formula is C13H13NO3S. The van der Waals surface area contributed by atoms with Crippen molar-refractivity contribution in [3.8, 4) is 5.75 Å². The molecule has 0 aliphatic rings. The number of carboxylic acids is 1. The molecule has 1 aromatic carbocycles. The molecule has 0 bridgehead atoms. The minimum atomic E-state index is -0.983. The quantitative estimate of drug-likeness (QED) is 0.921. The number of ether oxygens (including phenoxy) is 1. The molecule has 2 rings (SSSR count). The molecule has 0 saturated heterocycles. The Balaban J connectivity index is 2.16. The predicted molar refractivity (Wildman–Crippen MR) is 69.3 cm³/mol. The molecule has 0 fully saturated rings. The van der Waals surface area contributed by atoms with E-state index >= 15 is 0 Å². The summed E-state index contributed by atoms with van der Waals surface area (Å²) in [6.45, 7) is 4.05. The topological polar surface area (TPSA) is 59.4 Å². The summed E-state index contributed by atoms with van der Waals surface area (Å²) in [7, 11) is 0. The molecule has 5 heteroatoms. The van der Waals surface area contributed by atoms with Crippen molar-refractivity contribution in [1.29, 1.82) is 0 Å². The van der Waals surface area contributed by atoms with Gasteiger partial charge in [0.15, 0.2) is 0 Å². The van der Waals surface area contributed by atoms with Gasteiger partial charge in [-0.05, 0) is 26.0 Å². The van der Waals surface area contributed by atoms with Gasteiger partial charge in [0.2, 0.25) is 0 Å². The first-order valence-electron chi connectivity index (χ1n) is 5.44. The van der Waals surface area contributed by atoms with Crippen molar-refractivity contribution in [2.45, 2.75) is 20.5 Å². The number of carbonyl (C=O) groups is 1. The van der Waals surface area contributed by atoms with Gasteiger partial charge in [-0.25, -0.2) is 9.78 Å². The van der Waals surface area contributed by atoms with Crippen LogP contribution in [0.4, 0.5) is 0 Å². The molecule has 0 saturated carbocycles. The Morgan fingerprint density at radius 2 is 2.22 bits per heavy atom. The zero-order valence-electron chi connectivity index (χ0n) is 10.1. The lowest BCUT2D eigenvalue weighted by Gasteiger charge is -2.08. The van der Waals surface area contributed by atoms with E-state index in [9.17, 15) is 4.79 Å². The zero-order valence-corrected chi connectivity index (χ0v) is 11.0. The van der Waals surface area contributed by atoms with E-state index in [4.69, 9.17) is 9.84 Å². The van der Waals surface area contributed by atoms with Crippen LogP contribution < -0.4 is 4.74 Å². The van der Waals surface area contributed by atoms with Crippen LogP contribution in [-0.2, 0) is 6.61 Å². The van der Waals surface area contributed by atoms with E-state index in [0.29, 0.717) is 5.75 Å². The maximum atomic E-state index is 11.1. The van der Waals surface area contributed by atoms with E-state index in [1.54, 1.807) is 23.5 Å². The summed E-state index contributed by atoms with van der Waals surface area (Å²) < 4.78 is 5.52. The molecule has 1 N–H and O–H groups in total. The Morgan fingerprint density at radius 3 is 2.83 bits per heavy atom. The second kappa shape index (κ2) is 5.18. The van der Waals surface area contributed by atoms with Crippen molar-refractivity contribution in [1.82, 2.24) is 4.98 Å². The van der Waals surface area contributed by atoms with Gasteiger partial charge in [-0.3, -0.25) is 0 Å². The summed E-state index contributed by atoms with van der Waals surface area (Å²) in [4.78, 5) is 15.4. The highest BCUT2D eigenvalue weighted by molar-refractivity contribution is 7.09. The lowest BCUT2D eigenvalue weighted by Crippen LogP contribution is -2.04. The predicted octanol–water partition coefficient (Wildman–Crippen LogP) is 3.04. The van der Waals surface area contributed by atoms with E-state index in [0.717, 1.165) is 16.3 Å². The molecule has 0 unspecified atom stereocenters. The molecule has 0 radical (unpaired) electrons. The Kier molecular flexibility index (Phi) is 3.62. The summed E-state index contributed by atoms with van der Waals surface area (Å²) in [5.41, 5.74) is 1.89. The summed E-state index contributed by atoms with van der Waals surface area (Å²) in [6.07, 6.45) is 0. The Labute approximate surface area is 109 Å². The number of hydrogen-bond donors (Lipinski definition) is 1. The lowest BCUT2D eigenvalue weighted by molar-refractivity contribution is 0.0691. The number of carboxylic acid groups (broad SMARTS) is 1. The number of thiazole rings is 1. The van der Waals surface area contributed by atoms with Crippen molar-refractivity contribution >= 4 is 17.3 Å². The van der Waals surface area contributed by atoms with Crippen LogP contribution in [0.5, 0.6) is 5.75 Å². The van der Waals surface area contributed by atoms with Gasteiger partial charge in [-0.15, -0.1) is 11.3 Å². The van der Waals surface area contributed by atoms with E-state index in [-0.39, 0.29) is 12.2 Å². The highest BCUT2D eigenvalue weighted by Gasteiger charge is 2.12. The van der Waals surface area contributed by atoms with Crippen LogP contribution in [-0.4, -0.2) is 16.1 Å². The monoisotopic (exact) mass is 263 g/mol. The highest BCUT2D eigenvalue weighted by Crippen LogP contribution is 2.21. The van der Waals surface area contributed by atoms with Crippen LogP contribution in [0.2, 0.25) is 0 Å². The zero-order chi connectivity index (χ0) is 13.1. The van der Waals surface area contributed by atoms with E-state index < -0.39 is 5.97 Å². The number of benzene rings is 1. The highest BCUT2D eigenvalue weighted by atomic mass is 32.1. The molecule has 94 valence electrons. The van der Waals surface area contributed by atoms with Gasteiger partial charge in [0.05, 0.1) is 10.7 Å². The van der Waals surface area contributed by atoms with Crippen molar-refractivity contribution < 1.29 is 14.6 Å². The fraction of sp³-hybridized carbons (Fsp3) is 0.231. The molecular weight excluding hydrogens is 250 g/mol. The van der Waals surface area contributed by atoms with Crippen LogP contribution in [0.25, 0.3) is 0 Å². The SMILES string of the molecule is Cc1ccc(OCc2csc(C)n2)c(C(=O)O)c1. The number of nitrogens with zero attached hydrogens (tertiary/aromatic N) is 1. The third-order valence-corrected chi connectivity index (χ3v) is 3.23. The lowest BCUT2D eigenvalue weighted by atomic mass is 10.1. The third kappa shape index (κ3) is 2.87. The van der Waals surface area contributed by atoms with Crippen LogP contribution >= 0.6 is 11.3 Å². The maximum Gasteiger partial charge on any atom is 0.339 e. The van der Waals surface area contributed by atoms with Crippen LogP contribution in [0.15, 0.2) is 23.6 Å². The maximum absolute atomic E-state index is 11.1. The van der Waals surface area contributed by atoms with Gasteiger partial charge >= 0.3 is 5.97 Å². The fourth-order valence-corrected chi connectivity index (χ4v) is 2.16. The third-order valence-electron chi connectivity index (χ3n) is 2.41. The van der Waals surface area contributed by atoms with Gasteiger partial charge < -0.3 is 9.84 Å². The summed E-state index contributed by atoms with van der Waals surface area (Å²) in [6, 6.07) is 5.11. The molecule has 1 heterocycles. The first kappa shape index (κ1) is 12.6. The average Bonchev–Trinajstić information content (AvgIpc) is 2.73. The number of aromatic carboxylic acids is 1. The minimum Gasteiger partial charge on any atom is -0.486 e. The van der Waals surface area contributed by atoms with E-state index in [2.05, 4.69) is 4.98 Å². The molecule has 1 aromatic heterocycles. The summed E-state index contributed by atoms with van der Waals surface area (Å²) >= 11 is 1.55. The number of aromatic nitrogens is 1. The number of rotatable bonds is 4. The van der Waals surface area contributed by atoms with Gasteiger partial charge in [0.1, 0.15) is 17.9 Å². The Hall–Kier alpha value is -1.88. The second-order valence-corrected chi connectivity index (χ2v) is 5.01. The molecule has 2 aromatic rings. The fourth-order valence-electron chi connectivity index (χ4n) is 1.56. The molecule has 4 nitrogen and oxygen atoms in total. The molecule has 0 amide bonds. The summed E-state index contributed by atoms with van der Waals surface area (Å²) in [5.74, 6) is -0.609. The van der Waals surface area contributed by atoms with Crippen molar-refractivity contribution in [2.24, 2.45) is 0 Å². The van der Waals surface area contributed by atoms with E-state index in [1.165, 1.54) is 0 Å². The Morgan fingerprint density at radius 1 is 1.44 bits per heavy atom. The first-order chi connectivity index (χ1) is 8.56. The van der Waals surface area contributed by atoms with Crippen LogP contribution in [0.1, 0.15) is 26.6 Å². The Bertz CT molecular complexity index is 577. The van der Waals surface area contributed by atoms with Crippen molar-refractivity contribution in [3.05, 3.63) is 45.4 Å². The van der Waals surface area contributed by atoms with Crippen LogP contribution in [0.3, 0.4) is 0 Å². The molecule has 0 aliphatic heterocycles. The van der Waals surface area contributed by atoms with Crippen LogP contribution in [0, 0.1) is 13.8 Å². The standard InChI is InChI=1S/C13H13NO3S/c1-8-3-4-12(11(5-8)13(15)16)17-6-10-7-18-9(2)14-10/h3-5,7H,6H2,1-2H3,(H,15,16). The van der Waals surface area contributed by atoms with Crippen molar-refractivity contribution in [3.63, 3.8) is 0 Å². The molecule has 0 aliphatic carbocycles. The van der Waals surface area contributed by atoms with Gasteiger partial charge in [-0.1, -0.05) is 11.6 Å². The van der Waals surface area contributed by atoms with E-state index in [1.807, 2.05) is 25.3 Å². The van der Waals surface area contributed by atoms with Gasteiger partial charge in [0, 0.05) is 5.38 Å². The number of aryl methyl sites for hydroxylation is 2. The minimum absolute atomic E-state index is 0.182. The van der Waals surface area contributed by atoms with Gasteiger partial charge in [-0.2, -0.15) is 0 Å². The van der Waals surface area contributed by atoms with Crippen molar-refractivity contribution in [2.75, 3.05) is 0 Å². The second-order valence-electron chi connectivity index (χ2n) is 3.95. The molecule has 0 spiro atoms. The average molecular weight is 263 g/mol. The molecule has 0 atom stereocenters.